The van der Waals surface area contributed by atoms with Crippen LogP contribution in [0.15, 0.2) is 23.7 Å². The molecule has 5 heteroatoms. The number of allylic oxidation sites excluding steroid dienone is 4. The third-order valence-electron chi connectivity index (χ3n) is 3.48. The number of ketones is 2. The van der Waals surface area contributed by atoms with Gasteiger partial charge in [-0.25, -0.2) is 0 Å². The fourth-order valence-corrected chi connectivity index (χ4v) is 1.10. The van der Waals surface area contributed by atoms with Crippen LogP contribution in [0.3, 0.4) is 0 Å². The summed E-state index contributed by atoms with van der Waals surface area (Å²) in [6.45, 7) is 21.7. The van der Waals surface area contributed by atoms with E-state index < -0.39 is 21.7 Å². The molecular weight excluding hydrogens is 387 g/mol. The number of hydrogen-bond donors (Lipinski definition) is 0. The largest absolute Gasteiger partial charge is 0.875 e. The Balaban J connectivity index is -0.000000411. The first-order valence-electron chi connectivity index (χ1n) is 8.97. The molecule has 0 aliphatic carbocycles. The second kappa shape index (κ2) is 10.5. The quantitative estimate of drug-likeness (QED) is 0.498. The molecule has 0 aromatic rings. The minimum Gasteiger partial charge on any atom is -0.875 e. The Morgan fingerprint density at radius 2 is 0.704 bits per heavy atom. The standard InChI is InChI=1S/2C11H20O2.Co/c2*1-10(2,3)8(12)7-9(13)11(4,5)6;/h2*7,12H,1-6H3;/p-2. The fourth-order valence-electron chi connectivity index (χ4n) is 1.10. The molecule has 4 nitrogen and oxygen atoms in total. The van der Waals surface area contributed by atoms with Gasteiger partial charge in [0.25, 0.3) is 0 Å². The van der Waals surface area contributed by atoms with Crippen LogP contribution in [0.25, 0.3) is 0 Å². The molecule has 0 rings (SSSR count). The van der Waals surface area contributed by atoms with E-state index in [-0.39, 0.29) is 39.9 Å². The van der Waals surface area contributed by atoms with E-state index in [0.717, 1.165) is 0 Å². The van der Waals surface area contributed by atoms with Gasteiger partial charge in [-0.15, -0.1) is 11.5 Å². The minimum absolute atomic E-state index is 0. The summed E-state index contributed by atoms with van der Waals surface area (Å²) in [7, 11) is 0. The molecule has 0 aromatic heterocycles. The van der Waals surface area contributed by atoms with Gasteiger partial charge in [-0.1, -0.05) is 83.1 Å². The summed E-state index contributed by atoms with van der Waals surface area (Å²) < 4.78 is 0. The number of carbonyl (C=O) groups excluding carboxylic acids is 2. The zero-order chi connectivity index (χ0) is 21.7. The molecule has 1 radical (unpaired) electrons. The molecule has 0 saturated carbocycles. The van der Waals surface area contributed by atoms with Gasteiger partial charge in [-0.05, 0) is 23.0 Å². The number of carbonyl (C=O) groups is 2. The molecule has 0 unspecified atom stereocenters. The van der Waals surface area contributed by atoms with Gasteiger partial charge in [0.1, 0.15) is 0 Å². The molecule has 0 aliphatic rings. The Bertz CT molecular complexity index is 505. The van der Waals surface area contributed by atoms with Gasteiger partial charge in [0.05, 0.1) is 0 Å². The van der Waals surface area contributed by atoms with Gasteiger partial charge in [0, 0.05) is 27.6 Å². The molecule has 27 heavy (non-hydrogen) atoms. The third kappa shape index (κ3) is 13.7. The van der Waals surface area contributed by atoms with Gasteiger partial charge < -0.3 is 10.2 Å². The molecule has 0 aliphatic heterocycles. The Hall–Kier alpha value is -1.07. The molecule has 0 amide bonds. The van der Waals surface area contributed by atoms with Crippen molar-refractivity contribution in [1.29, 1.82) is 0 Å². The zero-order valence-electron chi connectivity index (χ0n) is 19.1. The van der Waals surface area contributed by atoms with E-state index in [0.29, 0.717) is 0 Å². The molecule has 0 fully saturated rings. The Kier molecular flexibility index (Phi) is 11.9. The molecule has 0 aromatic carbocycles. The normalized spacial score (nSPS) is 13.9. The average molecular weight is 425 g/mol. The summed E-state index contributed by atoms with van der Waals surface area (Å²) >= 11 is 0. The van der Waals surface area contributed by atoms with E-state index in [1.165, 1.54) is 12.2 Å². The van der Waals surface area contributed by atoms with Crippen molar-refractivity contribution >= 4 is 11.6 Å². The third-order valence-corrected chi connectivity index (χ3v) is 3.48. The Labute approximate surface area is 176 Å². The van der Waals surface area contributed by atoms with E-state index >= 15 is 0 Å². The second-order valence-corrected chi connectivity index (χ2v) is 10.7. The average Bonchev–Trinajstić information content (AvgIpc) is 2.34. The maximum absolute atomic E-state index is 11.4. The predicted octanol–water partition coefficient (Wildman–Crippen LogP) is 3.78. The van der Waals surface area contributed by atoms with Crippen LogP contribution in [-0.2, 0) is 26.4 Å². The van der Waals surface area contributed by atoms with Gasteiger partial charge >= 0.3 is 0 Å². The summed E-state index contributed by atoms with van der Waals surface area (Å²) in [5.74, 6) is -0.417. The Morgan fingerprint density at radius 3 is 0.815 bits per heavy atom. The van der Waals surface area contributed by atoms with Crippen molar-refractivity contribution in [3.63, 3.8) is 0 Å². The van der Waals surface area contributed by atoms with Crippen LogP contribution in [0.1, 0.15) is 83.1 Å². The Morgan fingerprint density at radius 1 is 0.519 bits per heavy atom. The summed E-state index contributed by atoms with van der Waals surface area (Å²) in [5.41, 5.74) is -1.83. The second-order valence-electron chi connectivity index (χ2n) is 10.7. The van der Waals surface area contributed by atoms with Gasteiger partial charge in [0.15, 0.2) is 11.6 Å². The molecule has 0 saturated heterocycles. The monoisotopic (exact) mass is 425 g/mol. The maximum Gasteiger partial charge on any atom is 0.160 e. The van der Waals surface area contributed by atoms with Crippen molar-refractivity contribution in [2.75, 3.05) is 0 Å². The molecule has 0 heterocycles. The van der Waals surface area contributed by atoms with Crippen molar-refractivity contribution in [3.8, 4) is 0 Å². The van der Waals surface area contributed by atoms with Crippen LogP contribution in [-0.4, -0.2) is 11.6 Å². The van der Waals surface area contributed by atoms with Crippen molar-refractivity contribution in [3.05, 3.63) is 23.7 Å². The molecule has 0 N–H and O–H groups in total. The van der Waals surface area contributed by atoms with Crippen LogP contribution in [0.4, 0.5) is 0 Å². The van der Waals surface area contributed by atoms with Crippen molar-refractivity contribution in [2.24, 2.45) is 21.7 Å². The van der Waals surface area contributed by atoms with Crippen molar-refractivity contribution in [1.82, 2.24) is 0 Å². The topological polar surface area (TPSA) is 80.3 Å². The summed E-state index contributed by atoms with van der Waals surface area (Å²) in [4.78, 5) is 22.9. The SMILES string of the molecule is CC(C)(C)C(=O)C=C([O-])C(C)(C)C.CC(C)(C)C(=O)C=C([O-])C(C)(C)C.[Co]. The first-order valence-corrected chi connectivity index (χ1v) is 8.97. The van der Waals surface area contributed by atoms with Crippen molar-refractivity contribution < 1.29 is 36.6 Å². The van der Waals surface area contributed by atoms with Gasteiger partial charge in [-0.3, -0.25) is 9.59 Å². The molecule has 0 spiro atoms. The molecular formula is C22H38CoO4-2. The van der Waals surface area contributed by atoms with E-state index in [1.807, 2.05) is 83.1 Å². The summed E-state index contributed by atoms with van der Waals surface area (Å²) in [6, 6.07) is 0. The van der Waals surface area contributed by atoms with Crippen LogP contribution in [0, 0.1) is 21.7 Å². The molecule has 0 atom stereocenters. The van der Waals surface area contributed by atoms with Gasteiger partial charge in [0.2, 0.25) is 0 Å². The molecule has 161 valence electrons. The number of rotatable bonds is 2. The maximum atomic E-state index is 11.4. The first kappa shape index (κ1) is 30.6. The summed E-state index contributed by atoms with van der Waals surface area (Å²) in [5, 5.41) is 22.9. The van der Waals surface area contributed by atoms with E-state index in [9.17, 15) is 19.8 Å². The predicted molar refractivity (Wildman–Crippen MR) is 104 cm³/mol. The van der Waals surface area contributed by atoms with E-state index in [4.69, 9.17) is 0 Å². The number of hydrogen-bond acceptors (Lipinski definition) is 4. The van der Waals surface area contributed by atoms with E-state index in [2.05, 4.69) is 0 Å². The van der Waals surface area contributed by atoms with Crippen LogP contribution >= 0.6 is 0 Å². The van der Waals surface area contributed by atoms with E-state index in [1.54, 1.807) is 0 Å². The van der Waals surface area contributed by atoms with Crippen LogP contribution in [0.5, 0.6) is 0 Å². The van der Waals surface area contributed by atoms with Gasteiger partial charge in [-0.2, -0.15) is 0 Å². The first-order chi connectivity index (χ1) is 11.1. The fraction of sp³-hybridized carbons (Fsp3) is 0.727. The van der Waals surface area contributed by atoms with Crippen LogP contribution < -0.4 is 10.2 Å². The van der Waals surface area contributed by atoms with Crippen molar-refractivity contribution in [2.45, 2.75) is 83.1 Å². The minimum atomic E-state index is -0.457. The van der Waals surface area contributed by atoms with Crippen LogP contribution in [0.2, 0.25) is 0 Å². The zero-order valence-corrected chi connectivity index (χ0v) is 20.2. The summed E-state index contributed by atoms with van der Waals surface area (Å²) in [6.07, 6.45) is 2.44. The molecule has 0 bridgehead atoms. The smallest absolute Gasteiger partial charge is 0.160 e.